The second-order valence-corrected chi connectivity index (χ2v) is 10.7. The summed E-state index contributed by atoms with van der Waals surface area (Å²) in [6.07, 6.45) is 3.65. The summed E-state index contributed by atoms with van der Waals surface area (Å²) in [7, 11) is 0. The molecule has 13 heteroatoms. The molecule has 1 fully saturated rings. The highest BCUT2D eigenvalue weighted by molar-refractivity contribution is 6.29. The Bertz CT molecular complexity index is 1590. The van der Waals surface area contributed by atoms with Gasteiger partial charge in [0.15, 0.2) is 11.6 Å². The van der Waals surface area contributed by atoms with Gasteiger partial charge in [0, 0.05) is 48.5 Å². The number of carboxylic acid groups (broad SMARTS) is 1. The van der Waals surface area contributed by atoms with Crippen molar-refractivity contribution < 1.29 is 19.4 Å². The Hall–Kier alpha value is -4.42. The highest BCUT2D eigenvalue weighted by atomic mass is 35.5. The maximum atomic E-state index is 11.9. The minimum absolute atomic E-state index is 0.0630. The molecule has 1 aliphatic rings. The van der Waals surface area contributed by atoms with Gasteiger partial charge >= 0.3 is 6.09 Å². The van der Waals surface area contributed by atoms with Gasteiger partial charge in [0.05, 0.1) is 24.3 Å². The molecule has 3 aromatic heterocycles. The number of hydrogen-bond donors (Lipinski definition) is 2. The number of rotatable bonds is 6. The van der Waals surface area contributed by atoms with Crippen LogP contribution in [0.1, 0.15) is 20.8 Å². The number of morpholine rings is 1. The van der Waals surface area contributed by atoms with Crippen LogP contribution >= 0.6 is 11.6 Å². The van der Waals surface area contributed by atoms with Gasteiger partial charge in [0.1, 0.15) is 11.4 Å². The summed E-state index contributed by atoms with van der Waals surface area (Å²) in [5, 5.41) is 12.5. The van der Waals surface area contributed by atoms with E-state index in [0.29, 0.717) is 60.2 Å². The molecule has 0 unspecified atom stereocenters. The van der Waals surface area contributed by atoms with Crippen molar-refractivity contribution >= 4 is 52.1 Å². The van der Waals surface area contributed by atoms with E-state index < -0.39 is 11.6 Å². The highest BCUT2D eigenvalue weighted by Gasteiger charge is 2.30. The summed E-state index contributed by atoms with van der Waals surface area (Å²) in [6.45, 7) is 7.73. The molecule has 0 spiro atoms. The first-order valence-corrected chi connectivity index (χ1v) is 13.5. The van der Waals surface area contributed by atoms with E-state index >= 15 is 0 Å². The van der Waals surface area contributed by atoms with Gasteiger partial charge in [-0.3, -0.25) is 9.78 Å². The van der Waals surface area contributed by atoms with Gasteiger partial charge < -0.3 is 20.1 Å². The molecule has 1 aromatic carbocycles. The van der Waals surface area contributed by atoms with Crippen LogP contribution in [-0.4, -0.2) is 79.7 Å². The van der Waals surface area contributed by atoms with Crippen LogP contribution in [0.25, 0.3) is 33.5 Å². The summed E-state index contributed by atoms with van der Waals surface area (Å²) < 4.78 is 5.54. The molecule has 12 nitrogen and oxygen atoms in total. The molecule has 41 heavy (non-hydrogen) atoms. The highest BCUT2D eigenvalue weighted by Crippen LogP contribution is 2.31. The zero-order valence-corrected chi connectivity index (χ0v) is 23.6. The van der Waals surface area contributed by atoms with Crippen molar-refractivity contribution in [3.05, 3.63) is 48.9 Å². The Morgan fingerprint density at radius 3 is 2.39 bits per heavy atom. The van der Waals surface area contributed by atoms with E-state index in [9.17, 15) is 14.7 Å². The Morgan fingerprint density at radius 2 is 1.73 bits per heavy atom. The molecule has 0 radical (unpaired) electrons. The number of ether oxygens (including phenoxy) is 1. The smallest absolute Gasteiger partial charge is 0.414 e. The Morgan fingerprint density at radius 1 is 1.02 bits per heavy atom. The predicted molar refractivity (Wildman–Crippen MR) is 156 cm³/mol. The van der Waals surface area contributed by atoms with Gasteiger partial charge in [-0.25, -0.2) is 29.6 Å². The van der Waals surface area contributed by atoms with E-state index in [0.717, 1.165) is 16.0 Å². The summed E-state index contributed by atoms with van der Waals surface area (Å²) in [4.78, 5) is 49.9. The number of anilines is 3. The predicted octanol–water partition coefficient (Wildman–Crippen LogP) is 4.45. The van der Waals surface area contributed by atoms with E-state index in [2.05, 4.69) is 20.2 Å². The fourth-order valence-corrected chi connectivity index (χ4v) is 4.55. The minimum atomic E-state index is -1.15. The molecule has 2 amide bonds. The average Bonchev–Trinajstić information content (AvgIpc) is 2.96. The second kappa shape index (κ2) is 11.6. The van der Waals surface area contributed by atoms with Crippen LogP contribution in [0.5, 0.6) is 0 Å². The van der Waals surface area contributed by atoms with Crippen LogP contribution in [0, 0.1) is 0 Å². The molecule has 4 heterocycles. The molecular formula is C28H29ClN8O4. The van der Waals surface area contributed by atoms with Gasteiger partial charge in [0.25, 0.3) is 0 Å². The van der Waals surface area contributed by atoms with Crippen molar-refractivity contribution in [1.29, 1.82) is 0 Å². The molecule has 5 rings (SSSR count). The van der Waals surface area contributed by atoms with Crippen LogP contribution in [-0.2, 0) is 9.53 Å². The number of nitrogens with zero attached hydrogens (tertiary/aromatic N) is 7. The molecular weight excluding hydrogens is 548 g/mol. The third-order valence-corrected chi connectivity index (χ3v) is 6.63. The SMILES string of the molecule is CC(C)(C)N(C(=O)O)c1ncc(-c2nc(N3CCOCC3)c3ncc(-c4cccc(NC(=O)CCl)c4)cc3n2)cn1. The Balaban J connectivity index is 1.58. The number of benzene rings is 1. The molecule has 212 valence electrons. The van der Waals surface area contributed by atoms with E-state index in [4.69, 9.17) is 31.3 Å². The number of fused-ring (bicyclic) bond motifs is 1. The van der Waals surface area contributed by atoms with Crippen molar-refractivity contribution in [1.82, 2.24) is 24.9 Å². The molecule has 4 aromatic rings. The van der Waals surface area contributed by atoms with Gasteiger partial charge in [-0.15, -0.1) is 11.6 Å². The lowest BCUT2D eigenvalue weighted by Gasteiger charge is -2.31. The minimum Gasteiger partial charge on any atom is -0.465 e. The van der Waals surface area contributed by atoms with Crippen LogP contribution in [0.2, 0.25) is 0 Å². The van der Waals surface area contributed by atoms with E-state index in [-0.39, 0.29) is 17.7 Å². The quantitative estimate of drug-likeness (QED) is 0.316. The number of amides is 2. The average molecular weight is 577 g/mol. The standard InChI is InChI=1S/C28H29ClN8O4/c1-28(2,3)37(27(39)40)26-31-15-19(16-32-26)24-34-21-12-18(17-5-4-6-20(11-17)33-22(38)13-29)14-30-23(21)25(35-24)36-7-9-41-10-8-36/h4-6,11-12,14-16H,7-10,13H2,1-3H3,(H,33,38)(H,39,40). The normalized spacial score (nSPS) is 13.7. The largest absolute Gasteiger partial charge is 0.465 e. The van der Waals surface area contributed by atoms with E-state index in [1.807, 2.05) is 24.3 Å². The number of carbonyl (C=O) groups excluding carboxylic acids is 1. The zero-order chi connectivity index (χ0) is 29.1. The van der Waals surface area contributed by atoms with Crippen molar-refractivity contribution in [3.63, 3.8) is 0 Å². The van der Waals surface area contributed by atoms with E-state index in [1.165, 1.54) is 12.4 Å². The molecule has 0 aliphatic carbocycles. The monoisotopic (exact) mass is 576 g/mol. The number of halogens is 1. The number of alkyl halides is 1. The van der Waals surface area contributed by atoms with Crippen molar-refractivity contribution in [2.24, 2.45) is 0 Å². The van der Waals surface area contributed by atoms with Crippen molar-refractivity contribution in [2.45, 2.75) is 26.3 Å². The molecule has 2 N–H and O–H groups in total. The molecule has 1 aliphatic heterocycles. The molecule has 1 saturated heterocycles. The van der Waals surface area contributed by atoms with Crippen molar-refractivity contribution in [3.8, 4) is 22.5 Å². The van der Waals surface area contributed by atoms with Gasteiger partial charge in [0.2, 0.25) is 11.9 Å². The number of hydrogen-bond acceptors (Lipinski definition) is 9. The summed E-state index contributed by atoms with van der Waals surface area (Å²) in [5.41, 5.74) is 3.29. The number of carbonyl (C=O) groups is 2. The lowest BCUT2D eigenvalue weighted by molar-refractivity contribution is -0.113. The third kappa shape index (κ3) is 6.18. The first-order chi connectivity index (χ1) is 19.6. The maximum Gasteiger partial charge on any atom is 0.414 e. The van der Waals surface area contributed by atoms with Gasteiger partial charge in [-0.1, -0.05) is 12.1 Å². The van der Waals surface area contributed by atoms with Crippen LogP contribution < -0.4 is 15.1 Å². The molecule has 0 saturated carbocycles. The Labute approximate surface area is 241 Å². The fraction of sp³-hybridized carbons (Fsp3) is 0.321. The van der Waals surface area contributed by atoms with Crippen LogP contribution in [0.4, 0.5) is 22.2 Å². The van der Waals surface area contributed by atoms with Crippen LogP contribution in [0.15, 0.2) is 48.9 Å². The first-order valence-electron chi connectivity index (χ1n) is 13.0. The van der Waals surface area contributed by atoms with Gasteiger partial charge in [-0.05, 0) is 44.5 Å². The fourth-order valence-electron chi connectivity index (χ4n) is 4.48. The molecule has 0 atom stereocenters. The lowest BCUT2D eigenvalue weighted by atomic mass is 10.1. The molecule has 0 bridgehead atoms. The summed E-state index contributed by atoms with van der Waals surface area (Å²) in [5.74, 6) is 0.670. The number of nitrogens with one attached hydrogen (secondary N) is 1. The summed E-state index contributed by atoms with van der Waals surface area (Å²) >= 11 is 5.64. The lowest BCUT2D eigenvalue weighted by Crippen LogP contribution is -2.46. The van der Waals surface area contributed by atoms with Crippen LogP contribution in [0.3, 0.4) is 0 Å². The van der Waals surface area contributed by atoms with Gasteiger partial charge in [-0.2, -0.15) is 0 Å². The first kappa shape index (κ1) is 28.1. The number of aromatic nitrogens is 5. The maximum absolute atomic E-state index is 11.9. The summed E-state index contributed by atoms with van der Waals surface area (Å²) in [6, 6.07) is 9.30. The number of pyridine rings is 1. The third-order valence-electron chi connectivity index (χ3n) is 6.39. The zero-order valence-electron chi connectivity index (χ0n) is 22.8. The van der Waals surface area contributed by atoms with E-state index in [1.54, 1.807) is 33.0 Å². The Kier molecular flexibility index (Phi) is 7.95. The van der Waals surface area contributed by atoms with Crippen molar-refractivity contribution in [2.75, 3.05) is 47.3 Å². The second-order valence-electron chi connectivity index (χ2n) is 10.4. The topological polar surface area (TPSA) is 147 Å².